The molecule has 35 heavy (non-hydrogen) atoms. The topological polar surface area (TPSA) is 113 Å². The lowest BCUT2D eigenvalue weighted by atomic mass is 10.3. The highest BCUT2D eigenvalue weighted by Crippen LogP contribution is 2.47. The smallest absolute Gasteiger partial charge is 0.349 e. The number of nitrogens with zero attached hydrogens (tertiary/aromatic N) is 2. The highest BCUT2D eigenvalue weighted by Gasteiger charge is 2.52. The van der Waals surface area contributed by atoms with Crippen LogP contribution in [0.25, 0.3) is 30.5 Å². The summed E-state index contributed by atoms with van der Waals surface area (Å²) in [6, 6.07) is 6.45. The molecular formula is C16H6F6N2O6S5. The molecule has 4 heterocycles. The molecule has 0 radical (unpaired) electrons. The lowest BCUT2D eigenvalue weighted by Gasteiger charge is -2.13. The van der Waals surface area contributed by atoms with E-state index in [0.29, 0.717) is 9.75 Å². The minimum absolute atomic E-state index is 0.245. The maximum Gasteiger partial charge on any atom is 0.534 e. The first-order chi connectivity index (χ1) is 16.1. The molecule has 0 aromatic carbocycles. The second-order valence-corrected chi connectivity index (χ2v) is 12.2. The number of alkyl halides is 6. The normalized spacial score (nSPS) is 13.3. The Morgan fingerprint density at radius 2 is 1.06 bits per heavy atom. The van der Waals surface area contributed by atoms with E-state index in [9.17, 15) is 43.2 Å². The van der Waals surface area contributed by atoms with Gasteiger partial charge in [0.05, 0.1) is 9.75 Å². The van der Waals surface area contributed by atoms with Gasteiger partial charge in [-0.25, -0.2) is 9.97 Å². The average Bonchev–Trinajstić information content (AvgIpc) is 3.46. The van der Waals surface area contributed by atoms with E-state index in [0.717, 1.165) is 11.3 Å². The van der Waals surface area contributed by atoms with Crippen LogP contribution < -0.4 is 8.37 Å². The first kappa shape index (κ1) is 25.6. The summed E-state index contributed by atoms with van der Waals surface area (Å²) < 4.78 is 131. The van der Waals surface area contributed by atoms with Crippen LogP contribution in [0.15, 0.2) is 35.0 Å². The third-order valence-corrected chi connectivity index (χ3v) is 9.06. The van der Waals surface area contributed by atoms with E-state index >= 15 is 0 Å². The first-order valence-electron chi connectivity index (χ1n) is 8.54. The summed E-state index contributed by atoms with van der Waals surface area (Å²) in [4.78, 5) is 8.82. The third-order valence-electron chi connectivity index (χ3n) is 3.90. The van der Waals surface area contributed by atoms with Crippen molar-refractivity contribution in [3.05, 3.63) is 35.0 Å². The molecule has 0 aliphatic heterocycles. The van der Waals surface area contributed by atoms with Crippen molar-refractivity contribution in [1.29, 1.82) is 0 Å². The highest BCUT2D eigenvalue weighted by atomic mass is 32.2. The molecule has 0 atom stereocenters. The Balaban J connectivity index is 2.02. The van der Waals surface area contributed by atoms with Crippen LogP contribution in [0.4, 0.5) is 26.3 Å². The van der Waals surface area contributed by atoms with Gasteiger partial charge in [-0.2, -0.15) is 43.2 Å². The monoisotopic (exact) mass is 596 g/mol. The van der Waals surface area contributed by atoms with E-state index in [1.54, 1.807) is 35.0 Å². The Morgan fingerprint density at radius 1 is 0.686 bits per heavy atom. The van der Waals surface area contributed by atoms with E-state index in [1.165, 1.54) is 22.7 Å². The van der Waals surface area contributed by atoms with Crippen molar-refractivity contribution in [1.82, 2.24) is 9.97 Å². The summed E-state index contributed by atoms with van der Waals surface area (Å²) in [6.07, 6.45) is 0. The SMILES string of the molecule is O=S(=O)(Oc1nc2c(-c3cccs3)sc(-c3cccs3)c2nc1OS(=O)(=O)C(F)(F)F)C(F)(F)F. The highest BCUT2D eigenvalue weighted by molar-refractivity contribution is 7.88. The molecule has 0 amide bonds. The fourth-order valence-corrected chi connectivity index (χ4v) is 6.19. The standard InChI is InChI=1S/C16H6F6N2O6S5/c17-15(18,19)34(25,26)29-13-14(30-35(27,28)16(20,21)22)24-10-9(23-13)11(7-3-1-5-31-7)33-12(10)8-4-2-6-32-8/h1-6H. The van der Waals surface area contributed by atoms with Gasteiger partial charge >= 0.3 is 31.3 Å². The molecule has 0 spiro atoms. The third kappa shape index (κ3) is 4.82. The van der Waals surface area contributed by atoms with E-state index < -0.39 is 43.0 Å². The zero-order valence-corrected chi connectivity index (χ0v) is 20.2. The van der Waals surface area contributed by atoms with Gasteiger partial charge in [0.25, 0.3) is 11.8 Å². The molecular weight excluding hydrogens is 591 g/mol. The molecule has 0 N–H and O–H groups in total. The molecule has 4 aromatic rings. The Kier molecular flexibility index (Phi) is 6.27. The van der Waals surface area contributed by atoms with Crippen LogP contribution in [0.5, 0.6) is 11.8 Å². The Hall–Kier alpha value is -2.48. The van der Waals surface area contributed by atoms with Gasteiger partial charge in [0.15, 0.2) is 0 Å². The minimum atomic E-state index is -6.49. The van der Waals surface area contributed by atoms with Gasteiger partial charge in [-0.3, -0.25) is 0 Å². The molecule has 8 nitrogen and oxygen atoms in total. The van der Waals surface area contributed by atoms with Gasteiger partial charge in [0.2, 0.25) is 0 Å². The van der Waals surface area contributed by atoms with Crippen molar-refractivity contribution in [2.24, 2.45) is 0 Å². The first-order valence-corrected chi connectivity index (χ1v) is 13.9. The van der Waals surface area contributed by atoms with Gasteiger partial charge < -0.3 is 8.37 Å². The molecule has 4 aromatic heterocycles. The summed E-state index contributed by atoms with van der Waals surface area (Å²) in [6.45, 7) is 0. The van der Waals surface area contributed by atoms with Gasteiger partial charge in [0.1, 0.15) is 11.0 Å². The molecule has 4 rings (SSSR count). The fourth-order valence-electron chi connectivity index (χ4n) is 2.48. The zero-order valence-electron chi connectivity index (χ0n) is 16.1. The fraction of sp³-hybridized carbons (Fsp3) is 0.125. The number of hydrogen-bond donors (Lipinski definition) is 0. The summed E-state index contributed by atoms with van der Waals surface area (Å²) in [5, 5.41) is 3.30. The van der Waals surface area contributed by atoms with Crippen molar-refractivity contribution in [3.8, 4) is 31.3 Å². The molecule has 0 fully saturated rings. The maximum atomic E-state index is 12.9. The van der Waals surface area contributed by atoms with Crippen LogP contribution in [0.3, 0.4) is 0 Å². The van der Waals surface area contributed by atoms with Crippen LogP contribution in [0.2, 0.25) is 0 Å². The Bertz CT molecular complexity index is 1470. The van der Waals surface area contributed by atoms with Crippen LogP contribution in [0, 0.1) is 0 Å². The van der Waals surface area contributed by atoms with Crippen molar-refractivity contribution in [2.45, 2.75) is 11.0 Å². The van der Waals surface area contributed by atoms with Gasteiger partial charge in [-0.15, -0.1) is 34.0 Å². The van der Waals surface area contributed by atoms with Gasteiger partial charge in [-0.05, 0) is 22.9 Å². The molecule has 0 bridgehead atoms. The molecule has 0 aliphatic carbocycles. The summed E-state index contributed by atoms with van der Waals surface area (Å²) >= 11 is 3.34. The van der Waals surface area contributed by atoms with E-state index in [-0.39, 0.29) is 20.8 Å². The van der Waals surface area contributed by atoms with E-state index in [4.69, 9.17) is 0 Å². The van der Waals surface area contributed by atoms with Gasteiger partial charge in [0, 0.05) is 9.75 Å². The maximum absolute atomic E-state index is 12.9. The zero-order chi connectivity index (χ0) is 25.8. The van der Waals surface area contributed by atoms with Crippen LogP contribution in [-0.2, 0) is 20.2 Å². The van der Waals surface area contributed by atoms with E-state index in [1.807, 2.05) is 0 Å². The molecule has 188 valence electrons. The Morgan fingerprint density at radius 3 is 1.34 bits per heavy atom. The quantitative estimate of drug-likeness (QED) is 0.161. The Labute approximate surface area is 203 Å². The molecule has 0 aliphatic rings. The van der Waals surface area contributed by atoms with Crippen LogP contribution >= 0.6 is 34.0 Å². The largest absolute Gasteiger partial charge is 0.534 e. The van der Waals surface area contributed by atoms with Crippen LogP contribution in [-0.4, -0.2) is 37.8 Å². The second-order valence-electron chi connectivity index (χ2n) is 6.21. The molecule has 0 saturated heterocycles. The predicted octanol–water partition coefficient (Wildman–Crippen LogP) is 5.61. The summed E-state index contributed by atoms with van der Waals surface area (Å²) in [7, 11) is -13.0. The average molecular weight is 597 g/mol. The summed E-state index contributed by atoms with van der Waals surface area (Å²) in [5.41, 5.74) is -12.5. The van der Waals surface area contributed by atoms with Crippen molar-refractivity contribution >= 4 is 65.3 Å². The van der Waals surface area contributed by atoms with Crippen molar-refractivity contribution in [2.75, 3.05) is 0 Å². The molecule has 0 saturated carbocycles. The lowest BCUT2D eigenvalue weighted by Crippen LogP contribution is -2.30. The summed E-state index contributed by atoms with van der Waals surface area (Å²) in [5.74, 6) is -3.48. The molecule has 19 heteroatoms. The number of thiophene rings is 3. The second kappa shape index (κ2) is 8.57. The number of aromatic nitrogens is 2. The predicted molar refractivity (Wildman–Crippen MR) is 115 cm³/mol. The lowest BCUT2D eigenvalue weighted by molar-refractivity contribution is -0.0515. The van der Waals surface area contributed by atoms with E-state index in [2.05, 4.69) is 18.3 Å². The number of fused-ring (bicyclic) bond motifs is 1. The van der Waals surface area contributed by atoms with Crippen molar-refractivity contribution < 1.29 is 51.5 Å². The van der Waals surface area contributed by atoms with Crippen LogP contribution in [0.1, 0.15) is 0 Å². The number of rotatable bonds is 6. The number of halogens is 6. The minimum Gasteiger partial charge on any atom is -0.349 e. The number of hydrogen-bond acceptors (Lipinski definition) is 11. The molecule has 0 unspecified atom stereocenters. The van der Waals surface area contributed by atoms with Crippen molar-refractivity contribution in [3.63, 3.8) is 0 Å². The van der Waals surface area contributed by atoms with Gasteiger partial charge in [-0.1, -0.05) is 12.1 Å².